The van der Waals surface area contributed by atoms with E-state index < -0.39 is 0 Å². The van der Waals surface area contributed by atoms with Gasteiger partial charge in [0, 0.05) is 17.9 Å². The van der Waals surface area contributed by atoms with Crippen LogP contribution in [-0.4, -0.2) is 14.8 Å². The first-order valence-corrected chi connectivity index (χ1v) is 7.28. The first-order chi connectivity index (χ1) is 9.36. The summed E-state index contributed by atoms with van der Waals surface area (Å²) < 4.78 is 2.22. The highest BCUT2D eigenvalue weighted by Crippen LogP contribution is 2.28. The molecule has 0 radical (unpaired) electrons. The fourth-order valence-corrected chi connectivity index (χ4v) is 3.20. The van der Waals surface area contributed by atoms with Crippen LogP contribution in [-0.2, 0) is 13.0 Å². The summed E-state index contributed by atoms with van der Waals surface area (Å²) in [4.78, 5) is 1.04. The Morgan fingerprint density at radius 3 is 3.05 bits per heavy atom. The van der Waals surface area contributed by atoms with Crippen molar-refractivity contribution < 1.29 is 0 Å². The second-order valence-electron chi connectivity index (χ2n) is 4.60. The number of aryl methyl sites for hydroxylation is 1. The molecule has 0 unspecified atom stereocenters. The maximum atomic E-state index is 8.92. The van der Waals surface area contributed by atoms with Gasteiger partial charge in [0.2, 0.25) is 0 Å². The highest BCUT2D eigenvalue weighted by Gasteiger charge is 2.15. The molecule has 19 heavy (non-hydrogen) atoms. The van der Waals surface area contributed by atoms with Crippen LogP contribution in [0.3, 0.4) is 0 Å². The molecular weight excluding hydrogens is 256 g/mol. The third kappa shape index (κ3) is 2.64. The molecule has 1 aromatic carbocycles. The van der Waals surface area contributed by atoms with Crippen molar-refractivity contribution in [2.45, 2.75) is 42.3 Å². The summed E-state index contributed by atoms with van der Waals surface area (Å²) >= 11 is 1.59. The van der Waals surface area contributed by atoms with Crippen LogP contribution in [0.1, 0.15) is 30.7 Å². The highest BCUT2D eigenvalue weighted by molar-refractivity contribution is 7.99. The van der Waals surface area contributed by atoms with Gasteiger partial charge in [0.1, 0.15) is 5.82 Å². The average Bonchev–Trinajstić information content (AvgIpc) is 2.68. The van der Waals surface area contributed by atoms with E-state index in [-0.39, 0.29) is 0 Å². The zero-order valence-corrected chi connectivity index (χ0v) is 11.4. The van der Waals surface area contributed by atoms with Crippen molar-refractivity contribution >= 4 is 11.8 Å². The van der Waals surface area contributed by atoms with E-state index in [2.05, 4.69) is 20.8 Å². The molecule has 0 atom stereocenters. The lowest BCUT2D eigenvalue weighted by molar-refractivity contribution is 0.591. The highest BCUT2D eigenvalue weighted by atomic mass is 32.2. The monoisotopic (exact) mass is 270 g/mol. The molecule has 0 aliphatic carbocycles. The van der Waals surface area contributed by atoms with Crippen LogP contribution in [0.25, 0.3) is 0 Å². The number of hydrogen-bond donors (Lipinski definition) is 0. The Bertz CT molecular complexity index is 627. The van der Waals surface area contributed by atoms with Crippen molar-refractivity contribution in [3.05, 3.63) is 35.7 Å². The van der Waals surface area contributed by atoms with Gasteiger partial charge in [0.25, 0.3) is 0 Å². The van der Waals surface area contributed by atoms with Gasteiger partial charge in [-0.3, -0.25) is 0 Å². The first-order valence-electron chi connectivity index (χ1n) is 6.47. The summed E-state index contributed by atoms with van der Waals surface area (Å²) in [5, 5.41) is 18.4. The summed E-state index contributed by atoms with van der Waals surface area (Å²) in [6.07, 6.45) is 4.67. The Morgan fingerprint density at radius 2 is 2.16 bits per heavy atom. The molecule has 0 fully saturated rings. The molecular formula is C14H14N4S. The second kappa shape index (κ2) is 5.45. The van der Waals surface area contributed by atoms with E-state index in [9.17, 15) is 0 Å². The standard InChI is InChI=1S/C14H14N4S/c15-10-11-5-4-6-12(9-11)19-14-17-16-13-7-2-1-3-8-18(13)14/h4-6,9H,1-3,7-8H2. The largest absolute Gasteiger partial charge is 0.306 e. The van der Waals surface area contributed by atoms with Gasteiger partial charge in [-0.05, 0) is 42.8 Å². The molecule has 1 aliphatic heterocycles. The topological polar surface area (TPSA) is 54.5 Å². The lowest BCUT2D eigenvalue weighted by atomic mass is 10.2. The van der Waals surface area contributed by atoms with Gasteiger partial charge in [-0.15, -0.1) is 10.2 Å². The smallest absolute Gasteiger partial charge is 0.196 e. The van der Waals surface area contributed by atoms with Crippen molar-refractivity contribution in [1.29, 1.82) is 5.26 Å². The van der Waals surface area contributed by atoms with Crippen LogP contribution in [0, 0.1) is 11.3 Å². The minimum absolute atomic E-state index is 0.681. The molecule has 5 heteroatoms. The van der Waals surface area contributed by atoms with Gasteiger partial charge in [-0.25, -0.2) is 0 Å². The van der Waals surface area contributed by atoms with Crippen LogP contribution in [0.2, 0.25) is 0 Å². The number of benzene rings is 1. The molecule has 0 saturated heterocycles. The van der Waals surface area contributed by atoms with E-state index in [1.807, 2.05) is 24.3 Å². The van der Waals surface area contributed by atoms with Crippen molar-refractivity contribution in [3.8, 4) is 6.07 Å². The number of nitriles is 1. The van der Waals surface area contributed by atoms with E-state index >= 15 is 0 Å². The van der Waals surface area contributed by atoms with Crippen molar-refractivity contribution in [2.24, 2.45) is 0 Å². The third-order valence-electron chi connectivity index (χ3n) is 3.25. The molecule has 1 aromatic heterocycles. The van der Waals surface area contributed by atoms with E-state index in [1.54, 1.807) is 11.8 Å². The van der Waals surface area contributed by atoms with Gasteiger partial charge in [0.05, 0.1) is 11.6 Å². The number of nitrogens with zero attached hydrogens (tertiary/aromatic N) is 4. The Kier molecular flexibility index (Phi) is 3.51. The normalized spacial score (nSPS) is 14.5. The quantitative estimate of drug-likeness (QED) is 0.841. The number of fused-ring (bicyclic) bond motifs is 1. The van der Waals surface area contributed by atoms with Crippen LogP contribution in [0.4, 0.5) is 0 Å². The van der Waals surface area contributed by atoms with E-state index in [4.69, 9.17) is 5.26 Å². The molecule has 0 saturated carbocycles. The van der Waals surface area contributed by atoms with Gasteiger partial charge < -0.3 is 4.57 Å². The second-order valence-corrected chi connectivity index (χ2v) is 5.64. The SMILES string of the molecule is N#Cc1cccc(Sc2nnc3n2CCCCC3)c1. The van der Waals surface area contributed by atoms with Crippen LogP contribution in [0.15, 0.2) is 34.3 Å². The Morgan fingerprint density at radius 1 is 1.21 bits per heavy atom. The van der Waals surface area contributed by atoms with Crippen molar-refractivity contribution in [2.75, 3.05) is 0 Å². The summed E-state index contributed by atoms with van der Waals surface area (Å²) in [5.41, 5.74) is 0.681. The fraction of sp³-hybridized carbons (Fsp3) is 0.357. The van der Waals surface area contributed by atoms with Crippen LogP contribution < -0.4 is 0 Å². The summed E-state index contributed by atoms with van der Waals surface area (Å²) in [6, 6.07) is 9.78. The zero-order chi connectivity index (χ0) is 13.1. The molecule has 0 amide bonds. The molecule has 3 rings (SSSR count). The third-order valence-corrected chi connectivity index (χ3v) is 4.22. The van der Waals surface area contributed by atoms with Gasteiger partial charge in [0.15, 0.2) is 5.16 Å². The minimum Gasteiger partial charge on any atom is -0.306 e. The molecule has 0 spiro atoms. The first kappa shape index (κ1) is 12.2. The molecule has 2 heterocycles. The van der Waals surface area contributed by atoms with Crippen molar-refractivity contribution in [1.82, 2.24) is 14.8 Å². The van der Waals surface area contributed by atoms with Gasteiger partial charge in [-0.1, -0.05) is 12.5 Å². The summed E-state index contributed by atoms with van der Waals surface area (Å²) in [6.45, 7) is 1.00. The van der Waals surface area contributed by atoms with E-state index in [0.717, 1.165) is 28.8 Å². The van der Waals surface area contributed by atoms with Crippen LogP contribution >= 0.6 is 11.8 Å². The van der Waals surface area contributed by atoms with E-state index in [0.29, 0.717) is 5.56 Å². The van der Waals surface area contributed by atoms with E-state index in [1.165, 1.54) is 19.3 Å². The summed E-state index contributed by atoms with van der Waals surface area (Å²) in [5.74, 6) is 1.09. The number of hydrogen-bond acceptors (Lipinski definition) is 4. The lowest BCUT2D eigenvalue weighted by Crippen LogP contribution is -2.02. The predicted octanol–water partition coefficient (Wildman–Crippen LogP) is 3.03. The van der Waals surface area contributed by atoms with Crippen LogP contribution in [0.5, 0.6) is 0 Å². The maximum absolute atomic E-state index is 8.92. The number of rotatable bonds is 2. The Hall–Kier alpha value is -1.80. The van der Waals surface area contributed by atoms with Gasteiger partial charge >= 0.3 is 0 Å². The van der Waals surface area contributed by atoms with Crippen molar-refractivity contribution in [3.63, 3.8) is 0 Å². The zero-order valence-electron chi connectivity index (χ0n) is 10.5. The molecule has 1 aliphatic rings. The lowest BCUT2D eigenvalue weighted by Gasteiger charge is -2.06. The molecule has 0 bridgehead atoms. The molecule has 4 nitrogen and oxygen atoms in total. The predicted molar refractivity (Wildman–Crippen MR) is 72.9 cm³/mol. The summed E-state index contributed by atoms with van der Waals surface area (Å²) in [7, 11) is 0. The minimum atomic E-state index is 0.681. The molecule has 96 valence electrons. The molecule has 0 N–H and O–H groups in total. The van der Waals surface area contributed by atoms with Gasteiger partial charge in [-0.2, -0.15) is 5.26 Å². The fourth-order valence-electron chi connectivity index (χ4n) is 2.27. The average molecular weight is 270 g/mol. The Labute approximate surface area is 116 Å². The number of aromatic nitrogens is 3. The molecule has 2 aromatic rings. The Balaban J connectivity index is 1.87. The maximum Gasteiger partial charge on any atom is 0.196 e.